The van der Waals surface area contributed by atoms with Crippen molar-refractivity contribution in [3.05, 3.63) is 29.8 Å². The van der Waals surface area contributed by atoms with E-state index in [1.54, 1.807) is 0 Å². The Morgan fingerprint density at radius 2 is 2.00 bits per heavy atom. The summed E-state index contributed by atoms with van der Waals surface area (Å²) in [6.45, 7) is 0. The maximum atomic E-state index is 11.2. The van der Waals surface area contributed by atoms with Gasteiger partial charge in [0.05, 0.1) is 6.26 Å². The van der Waals surface area contributed by atoms with Gasteiger partial charge in [0, 0.05) is 11.3 Å². The van der Waals surface area contributed by atoms with Crippen LogP contribution in [-0.2, 0) is 24.4 Å². The van der Waals surface area contributed by atoms with Gasteiger partial charge in [0.25, 0.3) is 0 Å². The van der Waals surface area contributed by atoms with Gasteiger partial charge < -0.3 is 9.94 Å². The molecule has 0 aliphatic carbocycles. The minimum Gasteiger partial charge on any atom is -0.476 e. The van der Waals surface area contributed by atoms with Crippen molar-refractivity contribution in [2.75, 3.05) is 11.0 Å². The number of benzene rings is 1. The van der Waals surface area contributed by atoms with Crippen molar-refractivity contribution in [3.8, 4) is 0 Å². The molecule has 0 saturated heterocycles. The van der Waals surface area contributed by atoms with E-state index in [0.29, 0.717) is 0 Å². The summed E-state index contributed by atoms with van der Waals surface area (Å²) in [6, 6.07) is 5.35. The van der Waals surface area contributed by atoms with Crippen LogP contribution in [0, 0.1) is 0 Å². The molecule has 1 aromatic carbocycles. The van der Waals surface area contributed by atoms with Gasteiger partial charge in [-0.1, -0.05) is 40.5 Å². The molecule has 0 saturated carbocycles. The van der Waals surface area contributed by atoms with Crippen LogP contribution in [0.5, 0.6) is 0 Å². The first kappa shape index (κ1) is 18.2. The molecule has 0 aliphatic rings. The minimum absolute atomic E-state index is 0.00893. The third-order valence-electron chi connectivity index (χ3n) is 2.05. The Morgan fingerprint density at radius 3 is 2.50 bits per heavy atom. The number of nitrogens with one attached hydrogen (secondary N) is 1. The summed E-state index contributed by atoms with van der Waals surface area (Å²) >= 11 is 10.5. The van der Waals surface area contributed by atoms with Crippen molar-refractivity contribution in [3.63, 3.8) is 0 Å². The molecule has 1 aromatic rings. The molecule has 0 aromatic heterocycles. The molecule has 0 amide bonds. The van der Waals surface area contributed by atoms with E-state index in [2.05, 4.69) is 14.7 Å². The lowest BCUT2D eigenvalue weighted by Crippen LogP contribution is -2.18. The van der Waals surface area contributed by atoms with Crippen molar-refractivity contribution < 1.29 is 28.0 Å². The van der Waals surface area contributed by atoms with Gasteiger partial charge in [-0.25, -0.2) is 18.0 Å². The molecule has 0 unspecified atom stereocenters. The number of sulfonamides is 1. The Bertz CT molecular complexity index is 717. The van der Waals surface area contributed by atoms with E-state index in [-0.39, 0.29) is 11.3 Å². The van der Waals surface area contributed by atoms with E-state index < -0.39 is 32.5 Å². The number of carboxylic acids is 1. The second kappa shape index (κ2) is 7.43. The van der Waals surface area contributed by atoms with Crippen LogP contribution in [-0.4, -0.2) is 42.3 Å². The van der Waals surface area contributed by atoms with Crippen LogP contribution in [0.15, 0.2) is 29.4 Å². The molecule has 0 fully saturated rings. The number of hydrogen-bond acceptors (Lipinski definition) is 6. The zero-order valence-electron chi connectivity index (χ0n) is 11.0. The Labute approximate surface area is 135 Å². The van der Waals surface area contributed by atoms with E-state index in [0.717, 1.165) is 6.26 Å². The largest absolute Gasteiger partial charge is 0.476 e. The lowest BCUT2D eigenvalue weighted by atomic mass is 10.1. The Hall–Kier alpha value is -1.84. The molecular weight excluding hydrogens is 359 g/mol. The van der Waals surface area contributed by atoms with E-state index in [4.69, 9.17) is 28.3 Å². The van der Waals surface area contributed by atoms with E-state index in [9.17, 15) is 18.0 Å². The molecule has 1 rings (SSSR count). The van der Waals surface area contributed by atoms with Crippen LogP contribution in [0.2, 0.25) is 0 Å². The molecule has 0 bridgehead atoms. The number of halogens is 2. The van der Waals surface area contributed by atoms with Crippen molar-refractivity contribution in [1.29, 1.82) is 0 Å². The summed E-state index contributed by atoms with van der Waals surface area (Å²) in [5, 5.41) is 12.2. The molecular formula is C11H10Cl2N2O6S. The number of hydrogen-bond donors (Lipinski definition) is 2. The quantitative estimate of drug-likeness (QED) is 0.336. The number of carbonyl (C=O) groups is 2. The number of nitrogens with zero attached hydrogens (tertiary/aromatic N) is 1. The predicted octanol–water partition coefficient (Wildman–Crippen LogP) is 1.19. The lowest BCUT2D eigenvalue weighted by molar-refractivity contribution is -0.141. The molecule has 11 heteroatoms. The van der Waals surface area contributed by atoms with Crippen molar-refractivity contribution in [2.24, 2.45) is 5.16 Å². The zero-order valence-corrected chi connectivity index (χ0v) is 13.3. The summed E-state index contributed by atoms with van der Waals surface area (Å²) in [4.78, 5) is 25.0. The Morgan fingerprint density at radius 1 is 1.36 bits per heavy atom. The van der Waals surface area contributed by atoms with Crippen LogP contribution >= 0.6 is 23.2 Å². The SMILES string of the molecule is CS(=O)(=O)Nc1cccc(C(=NOC(=O)C(Cl)Cl)C(=O)O)c1. The average Bonchev–Trinajstić information content (AvgIpc) is 2.36. The standard InChI is InChI=1S/C11H10Cl2N2O6S/c1-22(19,20)15-7-4-2-3-6(5-7)8(10(16)17)14-21-11(18)9(12)13/h2-5,9,15H,1H3,(H,16,17). The first-order valence-electron chi connectivity index (χ1n) is 5.48. The van der Waals surface area contributed by atoms with Crippen molar-refractivity contribution in [2.45, 2.75) is 4.84 Å². The third-order valence-corrected chi connectivity index (χ3v) is 3.01. The molecule has 0 radical (unpaired) electrons. The number of rotatable bonds is 6. The zero-order chi connectivity index (χ0) is 16.9. The van der Waals surface area contributed by atoms with Crippen LogP contribution in [0.25, 0.3) is 0 Å². The molecule has 0 atom stereocenters. The summed E-state index contributed by atoms with van der Waals surface area (Å²) in [7, 11) is -3.53. The van der Waals surface area contributed by atoms with Gasteiger partial charge in [-0.2, -0.15) is 0 Å². The topological polar surface area (TPSA) is 122 Å². The van der Waals surface area contributed by atoms with Crippen LogP contribution in [0.3, 0.4) is 0 Å². The monoisotopic (exact) mass is 368 g/mol. The maximum absolute atomic E-state index is 11.2. The Kier molecular flexibility index (Phi) is 6.15. The summed E-state index contributed by atoms with van der Waals surface area (Å²) < 4.78 is 24.5. The number of anilines is 1. The highest BCUT2D eigenvalue weighted by atomic mass is 35.5. The fraction of sp³-hybridized carbons (Fsp3) is 0.182. The third kappa shape index (κ3) is 5.88. The van der Waals surface area contributed by atoms with Gasteiger partial charge >= 0.3 is 11.9 Å². The summed E-state index contributed by atoms with van der Waals surface area (Å²) in [6.07, 6.45) is 0.939. The molecule has 0 aliphatic heterocycles. The van der Waals surface area contributed by atoms with E-state index in [1.807, 2.05) is 0 Å². The van der Waals surface area contributed by atoms with Gasteiger partial charge in [-0.05, 0) is 12.1 Å². The first-order chi connectivity index (χ1) is 10.1. The van der Waals surface area contributed by atoms with Crippen molar-refractivity contribution >= 4 is 56.6 Å². The summed E-state index contributed by atoms with van der Waals surface area (Å²) in [5.41, 5.74) is -0.498. The smallest absolute Gasteiger partial charge is 0.367 e. The molecule has 0 spiro atoms. The average molecular weight is 369 g/mol. The van der Waals surface area contributed by atoms with Gasteiger partial charge in [0.15, 0.2) is 5.71 Å². The van der Waals surface area contributed by atoms with Gasteiger partial charge in [0.1, 0.15) is 0 Å². The number of aliphatic carboxylic acids is 1. The first-order valence-corrected chi connectivity index (χ1v) is 8.25. The van der Waals surface area contributed by atoms with Gasteiger partial charge in [-0.3, -0.25) is 4.72 Å². The highest BCUT2D eigenvalue weighted by Gasteiger charge is 2.18. The maximum Gasteiger partial charge on any atom is 0.367 e. The minimum atomic E-state index is -3.53. The fourth-order valence-electron chi connectivity index (χ4n) is 1.29. The molecule has 2 N–H and O–H groups in total. The summed E-state index contributed by atoms with van der Waals surface area (Å²) in [5.74, 6) is -2.64. The molecule has 120 valence electrons. The van der Waals surface area contributed by atoms with Gasteiger partial charge in [0.2, 0.25) is 14.9 Å². The number of carboxylic acid groups (broad SMARTS) is 1. The molecule has 22 heavy (non-hydrogen) atoms. The van der Waals surface area contributed by atoms with E-state index in [1.165, 1.54) is 24.3 Å². The van der Waals surface area contributed by atoms with Gasteiger partial charge in [-0.15, -0.1) is 0 Å². The molecule has 8 nitrogen and oxygen atoms in total. The Balaban J connectivity index is 3.12. The molecule has 0 heterocycles. The second-order valence-electron chi connectivity index (χ2n) is 3.91. The normalized spacial score (nSPS) is 12.1. The fourth-order valence-corrected chi connectivity index (χ4v) is 1.92. The van der Waals surface area contributed by atoms with Crippen LogP contribution in [0.1, 0.15) is 5.56 Å². The highest BCUT2D eigenvalue weighted by Crippen LogP contribution is 2.14. The second-order valence-corrected chi connectivity index (χ2v) is 6.76. The lowest BCUT2D eigenvalue weighted by Gasteiger charge is -2.06. The predicted molar refractivity (Wildman–Crippen MR) is 80.7 cm³/mol. The number of alkyl halides is 2. The number of carbonyl (C=O) groups excluding carboxylic acids is 1. The van der Waals surface area contributed by atoms with E-state index >= 15 is 0 Å². The van der Waals surface area contributed by atoms with Crippen LogP contribution in [0.4, 0.5) is 5.69 Å². The number of oxime groups is 1. The van der Waals surface area contributed by atoms with Crippen molar-refractivity contribution in [1.82, 2.24) is 0 Å². The van der Waals surface area contributed by atoms with Crippen LogP contribution < -0.4 is 4.72 Å². The highest BCUT2D eigenvalue weighted by molar-refractivity contribution is 7.92.